The van der Waals surface area contributed by atoms with Gasteiger partial charge in [0.25, 0.3) is 11.8 Å². The zero-order valence-electron chi connectivity index (χ0n) is 18.3. The third-order valence-electron chi connectivity index (χ3n) is 4.48. The van der Waals surface area contributed by atoms with Crippen LogP contribution in [0.25, 0.3) is 0 Å². The normalized spacial score (nSPS) is 10.0. The standard InChI is InChI=1S/C23H23N5O5/c1-24-21(29)14-4-9-20(32-3)18(12-14)28-23(31)27-15-5-7-16(8-6-15)33-17-10-11-26-19(13-17)22(30)25-2/h4-13H,1-3H3,(H,24,29)(H,25,30)(H2,27,28,31). The number of aromatic nitrogens is 1. The lowest BCUT2D eigenvalue weighted by Gasteiger charge is -2.13. The fourth-order valence-electron chi connectivity index (χ4n) is 2.85. The largest absolute Gasteiger partial charge is 0.495 e. The molecule has 1 heterocycles. The first kappa shape index (κ1) is 23.1. The number of anilines is 2. The Morgan fingerprint density at radius 1 is 0.818 bits per heavy atom. The zero-order valence-corrected chi connectivity index (χ0v) is 18.3. The SMILES string of the molecule is CNC(=O)c1ccc(OC)c(NC(=O)Nc2ccc(Oc3ccnc(C(=O)NC)c3)cc2)c1. The third kappa shape index (κ3) is 5.97. The van der Waals surface area contributed by atoms with Gasteiger partial charge in [-0.15, -0.1) is 0 Å². The number of nitrogens with one attached hydrogen (secondary N) is 4. The van der Waals surface area contributed by atoms with Crippen LogP contribution in [-0.2, 0) is 0 Å². The van der Waals surface area contributed by atoms with Crippen molar-refractivity contribution in [2.75, 3.05) is 31.8 Å². The molecule has 0 aliphatic heterocycles. The molecule has 0 aliphatic rings. The minimum Gasteiger partial charge on any atom is -0.495 e. The van der Waals surface area contributed by atoms with Crippen molar-refractivity contribution in [1.29, 1.82) is 0 Å². The highest BCUT2D eigenvalue weighted by Crippen LogP contribution is 2.26. The van der Waals surface area contributed by atoms with Gasteiger partial charge in [0.1, 0.15) is 22.9 Å². The van der Waals surface area contributed by atoms with Crippen LogP contribution >= 0.6 is 0 Å². The maximum atomic E-state index is 12.5. The number of hydrogen-bond donors (Lipinski definition) is 4. The third-order valence-corrected chi connectivity index (χ3v) is 4.48. The molecule has 3 aromatic rings. The van der Waals surface area contributed by atoms with Crippen LogP contribution in [0.1, 0.15) is 20.8 Å². The summed E-state index contributed by atoms with van der Waals surface area (Å²) in [7, 11) is 4.51. The van der Waals surface area contributed by atoms with Crippen LogP contribution in [0.2, 0.25) is 0 Å². The summed E-state index contributed by atoms with van der Waals surface area (Å²) < 4.78 is 11.0. The number of hydrogen-bond acceptors (Lipinski definition) is 6. The monoisotopic (exact) mass is 449 g/mol. The molecule has 0 radical (unpaired) electrons. The van der Waals surface area contributed by atoms with Crippen molar-refractivity contribution in [2.24, 2.45) is 0 Å². The molecular weight excluding hydrogens is 426 g/mol. The first-order valence-corrected chi connectivity index (χ1v) is 9.87. The number of methoxy groups -OCH3 is 1. The molecule has 10 nitrogen and oxygen atoms in total. The number of rotatable bonds is 7. The van der Waals surface area contributed by atoms with Gasteiger partial charge in [0.15, 0.2) is 0 Å². The Bertz CT molecular complexity index is 1160. The Morgan fingerprint density at radius 2 is 1.55 bits per heavy atom. The average molecular weight is 449 g/mol. The highest BCUT2D eigenvalue weighted by molar-refractivity contribution is 6.02. The number of amides is 4. The molecule has 0 atom stereocenters. The Morgan fingerprint density at radius 3 is 2.21 bits per heavy atom. The van der Waals surface area contributed by atoms with Crippen LogP contribution < -0.4 is 30.7 Å². The molecule has 0 fully saturated rings. The molecule has 0 bridgehead atoms. The first-order chi connectivity index (χ1) is 15.9. The van der Waals surface area contributed by atoms with Gasteiger partial charge in [-0.3, -0.25) is 14.6 Å². The van der Waals surface area contributed by atoms with E-state index < -0.39 is 6.03 Å². The summed E-state index contributed by atoms with van der Waals surface area (Å²) in [5.41, 5.74) is 1.48. The van der Waals surface area contributed by atoms with E-state index in [0.717, 1.165) is 0 Å². The number of carbonyl (C=O) groups excluding carboxylic acids is 3. The smallest absolute Gasteiger partial charge is 0.323 e. The van der Waals surface area contributed by atoms with Gasteiger partial charge in [-0.1, -0.05) is 0 Å². The van der Waals surface area contributed by atoms with Crippen molar-refractivity contribution in [1.82, 2.24) is 15.6 Å². The number of pyridine rings is 1. The van der Waals surface area contributed by atoms with Crippen molar-refractivity contribution in [2.45, 2.75) is 0 Å². The van der Waals surface area contributed by atoms with Gasteiger partial charge in [0.2, 0.25) is 0 Å². The lowest BCUT2D eigenvalue weighted by Crippen LogP contribution is -2.21. The molecule has 2 aromatic carbocycles. The molecule has 10 heteroatoms. The fourth-order valence-corrected chi connectivity index (χ4v) is 2.85. The van der Waals surface area contributed by atoms with Crippen LogP contribution in [0.5, 0.6) is 17.2 Å². The van der Waals surface area contributed by atoms with Crippen LogP contribution in [-0.4, -0.2) is 44.0 Å². The van der Waals surface area contributed by atoms with Gasteiger partial charge in [-0.2, -0.15) is 0 Å². The maximum absolute atomic E-state index is 12.5. The Kier molecular flexibility index (Phi) is 7.43. The van der Waals surface area contributed by atoms with E-state index in [0.29, 0.717) is 34.2 Å². The summed E-state index contributed by atoms with van der Waals surface area (Å²) in [6, 6.07) is 14.0. The van der Waals surface area contributed by atoms with E-state index in [2.05, 4.69) is 26.3 Å². The number of benzene rings is 2. The number of nitrogens with zero attached hydrogens (tertiary/aromatic N) is 1. The Balaban J connectivity index is 1.65. The van der Waals surface area contributed by atoms with Crippen molar-refractivity contribution in [3.63, 3.8) is 0 Å². The fraction of sp³-hybridized carbons (Fsp3) is 0.130. The predicted octanol–water partition coefficient (Wildman–Crippen LogP) is 3.25. The summed E-state index contributed by atoms with van der Waals surface area (Å²) in [4.78, 5) is 40.0. The van der Waals surface area contributed by atoms with Gasteiger partial charge in [0.05, 0.1) is 12.8 Å². The summed E-state index contributed by atoms with van der Waals surface area (Å²) >= 11 is 0. The summed E-state index contributed by atoms with van der Waals surface area (Å²) in [5, 5.41) is 10.4. The first-order valence-electron chi connectivity index (χ1n) is 9.87. The quantitative estimate of drug-likeness (QED) is 0.438. The Labute approximate surface area is 190 Å². The highest BCUT2D eigenvalue weighted by Gasteiger charge is 2.12. The van der Waals surface area contributed by atoms with E-state index in [-0.39, 0.29) is 17.5 Å². The summed E-state index contributed by atoms with van der Waals surface area (Å²) in [5.74, 6) is 0.770. The van der Waals surface area contributed by atoms with Gasteiger partial charge >= 0.3 is 6.03 Å². The van der Waals surface area contributed by atoms with E-state index in [4.69, 9.17) is 9.47 Å². The number of urea groups is 1. The van der Waals surface area contributed by atoms with Crippen LogP contribution in [0.15, 0.2) is 60.8 Å². The molecule has 0 saturated heterocycles. The van der Waals surface area contributed by atoms with E-state index in [9.17, 15) is 14.4 Å². The zero-order chi connectivity index (χ0) is 23.8. The van der Waals surface area contributed by atoms with Crippen molar-refractivity contribution in [3.05, 3.63) is 72.1 Å². The van der Waals surface area contributed by atoms with Crippen LogP contribution in [0.4, 0.5) is 16.2 Å². The second-order valence-electron chi connectivity index (χ2n) is 6.66. The van der Waals surface area contributed by atoms with E-state index >= 15 is 0 Å². The van der Waals surface area contributed by atoms with Gasteiger partial charge < -0.3 is 30.7 Å². The average Bonchev–Trinajstić information content (AvgIpc) is 2.84. The molecule has 0 aliphatic carbocycles. The lowest BCUT2D eigenvalue weighted by molar-refractivity contribution is 0.0952. The highest BCUT2D eigenvalue weighted by atomic mass is 16.5. The van der Waals surface area contributed by atoms with Gasteiger partial charge in [-0.05, 0) is 48.5 Å². The van der Waals surface area contributed by atoms with Crippen molar-refractivity contribution < 1.29 is 23.9 Å². The molecule has 170 valence electrons. The number of ether oxygens (including phenoxy) is 2. The Hall–Kier alpha value is -4.60. The van der Waals surface area contributed by atoms with Gasteiger partial charge in [-0.25, -0.2) is 4.79 Å². The topological polar surface area (TPSA) is 131 Å². The minimum atomic E-state index is -0.514. The summed E-state index contributed by atoms with van der Waals surface area (Å²) in [6.07, 6.45) is 1.48. The van der Waals surface area contributed by atoms with Crippen molar-refractivity contribution in [3.8, 4) is 17.2 Å². The van der Waals surface area contributed by atoms with Gasteiger partial charge in [0, 0.05) is 37.6 Å². The van der Waals surface area contributed by atoms with E-state index in [1.54, 1.807) is 42.5 Å². The molecule has 3 rings (SSSR count). The number of carbonyl (C=O) groups is 3. The molecule has 0 unspecified atom stereocenters. The van der Waals surface area contributed by atoms with Crippen LogP contribution in [0.3, 0.4) is 0 Å². The maximum Gasteiger partial charge on any atom is 0.323 e. The molecule has 0 spiro atoms. The minimum absolute atomic E-state index is 0.237. The van der Waals surface area contributed by atoms with Crippen LogP contribution in [0, 0.1) is 0 Å². The molecule has 0 saturated carbocycles. The molecule has 4 N–H and O–H groups in total. The van der Waals surface area contributed by atoms with Crippen molar-refractivity contribution >= 4 is 29.2 Å². The second-order valence-corrected chi connectivity index (χ2v) is 6.66. The van der Waals surface area contributed by atoms with E-state index in [1.807, 2.05) is 0 Å². The lowest BCUT2D eigenvalue weighted by atomic mass is 10.1. The molecule has 33 heavy (non-hydrogen) atoms. The second kappa shape index (κ2) is 10.6. The molecule has 4 amide bonds. The molecule has 1 aromatic heterocycles. The summed E-state index contributed by atoms with van der Waals surface area (Å²) in [6.45, 7) is 0. The molecular formula is C23H23N5O5. The van der Waals surface area contributed by atoms with E-state index in [1.165, 1.54) is 39.5 Å². The predicted molar refractivity (Wildman–Crippen MR) is 123 cm³/mol.